The molecule has 0 atom stereocenters. The van der Waals surface area contributed by atoms with E-state index in [2.05, 4.69) is 4.99 Å². The van der Waals surface area contributed by atoms with Gasteiger partial charge in [-0.25, -0.2) is 0 Å². The van der Waals surface area contributed by atoms with Crippen molar-refractivity contribution in [3.8, 4) is 0 Å². The highest BCUT2D eigenvalue weighted by molar-refractivity contribution is 6.29. The molecule has 4 heteroatoms. The monoisotopic (exact) mass is 222 g/mol. The molecule has 15 heavy (non-hydrogen) atoms. The van der Waals surface area contributed by atoms with Crippen molar-refractivity contribution in [2.24, 2.45) is 4.99 Å². The molecule has 0 unspecified atom stereocenters. The Bertz CT molecular complexity index is 444. The van der Waals surface area contributed by atoms with Gasteiger partial charge in [0.1, 0.15) is 5.70 Å². The van der Waals surface area contributed by atoms with E-state index in [1.807, 2.05) is 13.0 Å². The molecule has 0 saturated heterocycles. The molecule has 2 rings (SSSR count). The average Bonchev–Trinajstić information content (AvgIpc) is 2.16. The van der Waals surface area contributed by atoms with E-state index in [1.165, 1.54) is 6.92 Å². The van der Waals surface area contributed by atoms with Crippen LogP contribution in [0, 0.1) is 0 Å². The van der Waals surface area contributed by atoms with Crippen LogP contribution in [0.2, 0.25) is 0 Å². The fourth-order valence-electron chi connectivity index (χ4n) is 1.70. The van der Waals surface area contributed by atoms with Crippen LogP contribution in [-0.2, 0) is 4.79 Å². The zero-order chi connectivity index (χ0) is 11.0. The summed E-state index contributed by atoms with van der Waals surface area (Å²) in [6, 6.07) is 0. The maximum atomic E-state index is 11.5. The van der Waals surface area contributed by atoms with Crippen molar-refractivity contribution >= 4 is 23.6 Å². The van der Waals surface area contributed by atoms with Gasteiger partial charge < -0.3 is 4.90 Å². The summed E-state index contributed by atoms with van der Waals surface area (Å²) in [5.74, 6) is -0.00198. The molecule has 2 aliphatic rings. The van der Waals surface area contributed by atoms with Crippen molar-refractivity contribution in [1.82, 2.24) is 4.90 Å². The summed E-state index contributed by atoms with van der Waals surface area (Å²) < 4.78 is 0. The van der Waals surface area contributed by atoms with Gasteiger partial charge in [0.25, 0.3) is 0 Å². The number of nitrogens with zero attached hydrogens (tertiary/aromatic N) is 2. The summed E-state index contributed by atoms with van der Waals surface area (Å²) in [7, 11) is 0. The Morgan fingerprint density at radius 1 is 1.60 bits per heavy atom. The van der Waals surface area contributed by atoms with E-state index < -0.39 is 0 Å². The number of rotatable bonds is 1. The van der Waals surface area contributed by atoms with Crippen LogP contribution in [-0.4, -0.2) is 16.9 Å². The molecule has 2 heterocycles. The first kappa shape index (κ1) is 10.2. The molecule has 0 aromatic carbocycles. The van der Waals surface area contributed by atoms with Crippen LogP contribution in [0.25, 0.3) is 0 Å². The minimum absolute atomic E-state index is 0.00198. The van der Waals surface area contributed by atoms with E-state index in [-0.39, 0.29) is 5.78 Å². The van der Waals surface area contributed by atoms with E-state index in [9.17, 15) is 4.79 Å². The molecule has 0 aromatic rings. The number of hydrogen-bond acceptors (Lipinski definition) is 3. The van der Waals surface area contributed by atoms with Gasteiger partial charge in [0.2, 0.25) is 0 Å². The molecule has 0 aromatic heterocycles. The van der Waals surface area contributed by atoms with Gasteiger partial charge in [0.15, 0.2) is 5.78 Å². The van der Waals surface area contributed by atoms with Crippen LogP contribution in [0.1, 0.15) is 20.3 Å². The first-order valence-electron chi connectivity index (χ1n) is 4.71. The number of aliphatic imine (C=N–C) groups is 1. The lowest BCUT2D eigenvalue weighted by Crippen LogP contribution is -2.27. The summed E-state index contributed by atoms with van der Waals surface area (Å²) in [5.41, 5.74) is 2.24. The van der Waals surface area contributed by atoms with Crippen LogP contribution in [0.15, 0.2) is 39.4 Å². The number of ketones is 1. The van der Waals surface area contributed by atoms with Crippen LogP contribution in [0.3, 0.4) is 0 Å². The summed E-state index contributed by atoms with van der Waals surface area (Å²) in [5, 5.41) is 0.723. The Labute approximate surface area is 93.4 Å². The molecular formula is C11H11ClN2O. The topological polar surface area (TPSA) is 32.7 Å². The Morgan fingerprint density at radius 3 is 3.00 bits per heavy atom. The zero-order valence-electron chi connectivity index (χ0n) is 8.62. The van der Waals surface area contributed by atoms with Crippen LogP contribution in [0.4, 0.5) is 0 Å². The lowest BCUT2D eigenvalue weighted by molar-refractivity contribution is -0.114. The second kappa shape index (κ2) is 3.66. The number of Topliss-reactive ketones (excluding diaryl/α,β-unsaturated/α-hetero) is 1. The van der Waals surface area contributed by atoms with Crippen molar-refractivity contribution < 1.29 is 4.79 Å². The number of carbonyl (C=O) groups excluding carboxylic acids is 1. The van der Waals surface area contributed by atoms with E-state index in [0.29, 0.717) is 12.1 Å². The number of hydrogen-bond donors (Lipinski definition) is 0. The Balaban J connectivity index is 2.50. The van der Waals surface area contributed by atoms with Gasteiger partial charge in [-0.05, 0) is 6.92 Å². The molecule has 0 saturated carbocycles. The average molecular weight is 223 g/mol. The smallest absolute Gasteiger partial charge is 0.178 e. The largest absolute Gasteiger partial charge is 0.310 e. The second-order valence-corrected chi connectivity index (χ2v) is 4.01. The molecule has 0 N–H and O–H groups in total. The van der Waals surface area contributed by atoms with Crippen molar-refractivity contribution in [3.05, 3.63) is 34.4 Å². The van der Waals surface area contributed by atoms with Crippen molar-refractivity contribution in [2.45, 2.75) is 20.3 Å². The number of carbonyl (C=O) groups is 1. The minimum Gasteiger partial charge on any atom is -0.310 e. The Morgan fingerprint density at radius 2 is 2.33 bits per heavy atom. The van der Waals surface area contributed by atoms with Crippen LogP contribution < -0.4 is 0 Å². The lowest BCUT2D eigenvalue weighted by atomic mass is 10.1. The standard InChI is InChI=1S/C11H11ClN2O/c1-7-11(8(2)15)14-6-9(12)3-4-10(14)5-13-7/h4-6H,3H2,1-2H3. The highest BCUT2D eigenvalue weighted by Crippen LogP contribution is 2.29. The van der Waals surface area contributed by atoms with Crippen LogP contribution >= 0.6 is 11.6 Å². The maximum Gasteiger partial charge on any atom is 0.178 e. The molecule has 0 bridgehead atoms. The highest BCUT2D eigenvalue weighted by atomic mass is 35.5. The van der Waals surface area contributed by atoms with Gasteiger partial charge in [-0.3, -0.25) is 9.79 Å². The van der Waals surface area contributed by atoms with Gasteiger partial charge in [0.05, 0.1) is 17.6 Å². The van der Waals surface area contributed by atoms with E-state index in [4.69, 9.17) is 11.6 Å². The summed E-state index contributed by atoms with van der Waals surface area (Å²) >= 11 is 5.95. The quantitative estimate of drug-likeness (QED) is 0.683. The van der Waals surface area contributed by atoms with Crippen molar-refractivity contribution in [1.29, 1.82) is 0 Å². The second-order valence-electron chi connectivity index (χ2n) is 3.53. The molecule has 0 fully saturated rings. The first-order valence-corrected chi connectivity index (χ1v) is 5.09. The van der Waals surface area contributed by atoms with Gasteiger partial charge >= 0.3 is 0 Å². The predicted molar refractivity (Wildman–Crippen MR) is 60.3 cm³/mol. The van der Waals surface area contributed by atoms with Gasteiger partial charge in [-0.2, -0.15) is 0 Å². The molecule has 0 amide bonds. The first-order chi connectivity index (χ1) is 7.09. The normalized spacial score (nSPS) is 19.8. The third-order valence-electron chi connectivity index (χ3n) is 2.36. The van der Waals surface area contributed by atoms with E-state index >= 15 is 0 Å². The Hall–Kier alpha value is -1.35. The van der Waals surface area contributed by atoms with Crippen LogP contribution in [0.5, 0.6) is 0 Å². The van der Waals surface area contributed by atoms with Crippen molar-refractivity contribution in [2.75, 3.05) is 0 Å². The molecular weight excluding hydrogens is 212 g/mol. The maximum absolute atomic E-state index is 11.5. The third kappa shape index (κ3) is 1.75. The SMILES string of the molecule is CC(=O)C1=C(C)N=CC2=CCC(Cl)=CN21. The van der Waals surface area contributed by atoms with Gasteiger partial charge in [-0.15, -0.1) is 0 Å². The molecule has 0 aliphatic carbocycles. The lowest BCUT2D eigenvalue weighted by Gasteiger charge is -2.29. The molecule has 78 valence electrons. The molecule has 3 nitrogen and oxygen atoms in total. The zero-order valence-corrected chi connectivity index (χ0v) is 9.38. The van der Waals surface area contributed by atoms with E-state index in [0.717, 1.165) is 16.4 Å². The Kier molecular flexibility index (Phi) is 2.49. The summed E-state index contributed by atoms with van der Waals surface area (Å²) in [4.78, 5) is 17.5. The number of allylic oxidation sites excluding steroid dienone is 5. The molecule has 2 aliphatic heterocycles. The summed E-state index contributed by atoms with van der Waals surface area (Å²) in [6.45, 7) is 3.36. The fraction of sp³-hybridized carbons (Fsp3) is 0.273. The van der Waals surface area contributed by atoms with E-state index in [1.54, 1.807) is 17.3 Å². The number of fused-ring (bicyclic) bond motifs is 1. The molecule has 0 radical (unpaired) electrons. The highest BCUT2D eigenvalue weighted by Gasteiger charge is 2.23. The van der Waals surface area contributed by atoms with Crippen molar-refractivity contribution in [3.63, 3.8) is 0 Å². The molecule has 0 spiro atoms. The minimum atomic E-state index is -0.00198. The van der Waals surface area contributed by atoms with Gasteiger partial charge in [0, 0.05) is 24.6 Å². The third-order valence-corrected chi connectivity index (χ3v) is 2.61. The fourth-order valence-corrected chi connectivity index (χ4v) is 1.87. The van der Waals surface area contributed by atoms with Gasteiger partial charge in [-0.1, -0.05) is 17.7 Å². The summed E-state index contributed by atoms with van der Waals surface area (Å²) in [6.07, 6.45) is 6.19. The predicted octanol–water partition coefficient (Wildman–Crippen LogP) is 2.56. The number of halogens is 1.